The molecule has 0 bridgehead atoms. The average molecular weight is 518 g/mol. The van der Waals surface area contributed by atoms with Gasteiger partial charge in [-0.2, -0.15) is 4.98 Å². The number of carbonyl (C=O) groups is 1. The molecule has 3 N–H and O–H groups in total. The molecule has 1 aromatic carbocycles. The minimum absolute atomic E-state index is 0.0712. The van der Waals surface area contributed by atoms with Gasteiger partial charge in [0.2, 0.25) is 5.95 Å². The summed E-state index contributed by atoms with van der Waals surface area (Å²) in [6, 6.07) is 3.54. The Morgan fingerprint density at radius 2 is 2.13 bits per heavy atom. The van der Waals surface area contributed by atoms with Crippen molar-refractivity contribution in [2.24, 2.45) is 4.36 Å². The molecule has 0 radical (unpaired) electrons. The van der Waals surface area contributed by atoms with Gasteiger partial charge >= 0.3 is 6.09 Å². The van der Waals surface area contributed by atoms with Crippen molar-refractivity contribution in [1.82, 2.24) is 9.97 Å². The van der Waals surface area contributed by atoms with Crippen LogP contribution < -0.4 is 10.6 Å². The molecule has 1 aromatic heterocycles. The maximum Gasteiger partial charge on any atom is 0.442 e. The molecule has 2 atom stereocenters. The van der Waals surface area contributed by atoms with Crippen molar-refractivity contribution in [3.05, 3.63) is 34.7 Å². The van der Waals surface area contributed by atoms with Gasteiger partial charge in [-0.1, -0.05) is 0 Å². The number of anilines is 3. The highest BCUT2D eigenvalue weighted by Gasteiger charge is 2.23. The van der Waals surface area contributed by atoms with Gasteiger partial charge in [0, 0.05) is 18.1 Å². The van der Waals surface area contributed by atoms with Crippen LogP contribution in [0.5, 0.6) is 0 Å². The van der Waals surface area contributed by atoms with E-state index in [1.165, 1.54) is 18.3 Å². The van der Waals surface area contributed by atoms with Gasteiger partial charge in [-0.25, -0.2) is 18.4 Å². The number of hydrogen-bond donors (Lipinski definition) is 3. The van der Waals surface area contributed by atoms with Crippen LogP contribution in [-0.2, 0) is 14.5 Å². The molecule has 0 aliphatic carbocycles. The summed E-state index contributed by atoms with van der Waals surface area (Å²) in [5, 5.41) is 16.1. The molecular formula is C19H25BrFN5O4S. The minimum Gasteiger partial charge on any atom is -0.448 e. The first-order valence-electron chi connectivity index (χ1n) is 9.30. The van der Waals surface area contributed by atoms with E-state index in [1.807, 2.05) is 0 Å². The Labute approximate surface area is 189 Å². The maximum atomic E-state index is 14.6. The second kappa shape index (κ2) is 9.88. The van der Waals surface area contributed by atoms with Crippen molar-refractivity contribution in [1.29, 1.82) is 0 Å². The van der Waals surface area contributed by atoms with Crippen LogP contribution in [0.3, 0.4) is 0 Å². The number of nitrogens with one attached hydrogen (secondary N) is 2. The molecule has 2 rings (SSSR count). The third-order valence-corrected chi connectivity index (χ3v) is 6.49. The topological polar surface area (TPSA) is 126 Å². The van der Waals surface area contributed by atoms with Gasteiger partial charge in [-0.3, -0.25) is 0 Å². The third kappa shape index (κ3) is 6.84. The van der Waals surface area contributed by atoms with Crippen LogP contribution in [0.2, 0.25) is 0 Å². The van der Waals surface area contributed by atoms with Crippen LogP contribution in [0.1, 0.15) is 27.7 Å². The summed E-state index contributed by atoms with van der Waals surface area (Å²) in [6.45, 7) is 6.80. The highest BCUT2D eigenvalue weighted by atomic mass is 79.9. The molecule has 170 valence electrons. The maximum absolute atomic E-state index is 14.6. The van der Waals surface area contributed by atoms with Crippen molar-refractivity contribution in [2.75, 3.05) is 23.5 Å². The smallest absolute Gasteiger partial charge is 0.442 e. The second-order valence-corrected chi connectivity index (χ2v) is 10.4. The van der Waals surface area contributed by atoms with Crippen molar-refractivity contribution in [3.63, 3.8) is 0 Å². The lowest BCUT2D eigenvalue weighted by Crippen LogP contribution is -2.39. The number of nitrogens with zero attached hydrogens (tertiary/aromatic N) is 3. The first-order valence-corrected chi connectivity index (χ1v) is 12.0. The number of halogens is 2. The van der Waals surface area contributed by atoms with E-state index in [9.17, 15) is 18.5 Å². The van der Waals surface area contributed by atoms with Crippen LogP contribution in [0.4, 0.5) is 26.6 Å². The Morgan fingerprint density at radius 1 is 1.45 bits per heavy atom. The molecule has 0 saturated heterocycles. The summed E-state index contributed by atoms with van der Waals surface area (Å²) in [4.78, 5) is 19.8. The van der Waals surface area contributed by atoms with Crippen LogP contribution in [-0.4, -0.2) is 49.9 Å². The van der Waals surface area contributed by atoms with E-state index >= 15 is 0 Å². The molecule has 2 aromatic rings. The number of benzene rings is 1. The Morgan fingerprint density at radius 3 is 2.71 bits per heavy atom. The van der Waals surface area contributed by atoms with Gasteiger partial charge in [0.25, 0.3) is 0 Å². The normalized spacial score (nSPS) is 14.3. The van der Waals surface area contributed by atoms with E-state index in [0.717, 1.165) is 12.3 Å². The number of amides is 1. The summed E-state index contributed by atoms with van der Waals surface area (Å²) in [7, 11) is -3.32. The lowest BCUT2D eigenvalue weighted by Gasteiger charge is -2.27. The highest BCUT2D eigenvalue weighted by Crippen LogP contribution is 2.26. The largest absolute Gasteiger partial charge is 0.448 e. The van der Waals surface area contributed by atoms with E-state index in [2.05, 4.69) is 45.6 Å². The molecule has 0 spiro atoms. The van der Waals surface area contributed by atoms with Crippen molar-refractivity contribution in [2.45, 2.75) is 44.2 Å². The quantitative estimate of drug-likeness (QED) is 0.495. The molecule has 0 aliphatic rings. The standard InChI is InChI=1S/C19H25BrFN5O4S/c1-6-30-18(27)26-31(5,29)15-8-7-12(9-14(15)21)24-17-22-10-13(20)16(25-17)23-11(2)19(3,4)28/h7-11,28H,6H2,1-5H3,(H2,22,23,24,25)/t11-,31?/m1/s1. The summed E-state index contributed by atoms with van der Waals surface area (Å²) < 4.78 is 35.9. The van der Waals surface area contributed by atoms with E-state index in [-0.39, 0.29) is 23.5 Å². The number of carbonyl (C=O) groups excluding carboxylic acids is 1. The predicted molar refractivity (Wildman–Crippen MR) is 121 cm³/mol. The Hall–Kier alpha value is -2.31. The number of hydrogen-bond acceptors (Lipinski definition) is 8. The summed E-state index contributed by atoms with van der Waals surface area (Å²) >= 11 is 3.35. The van der Waals surface area contributed by atoms with E-state index < -0.39 is 27.2 Å². The summed E-state index contributed by atoms with van der Waals surface area (Å²) in [6.07, 6.45) is 1.66. The molecule has 9 nitrogen and oxygen atoms in total. The lowest BCUT2D eigenvalue weighted by molar-refractivity contribution is 0.0647. The Bertz CT molecular complexity index is 1080. The van der Waals surface area contributed by atoms with Crippen molar-refractivity contribution < 1.29 is 23.2 Å². The summed E-state index contributed by atoms with van der Waals surface area (Å²) in [5.74, 6) is -0.195. The van der Waals surface area contributed by atoms with Gasteiger partial charge in [-0.15, -0.1) is 4.36 Å². The van der Waals surface area contributed by atoms with Crippen LogP contribution >= 0.6 is 15.9 Å². The first-order chi connectivity index (χ1) is 14.3. The fraction of sp³-hybridized carbons (Fsp3) is 0.421. The number of ether oxygens (including phenoxy) is 1. The van der Waals surface area contributed by atoms with E-state index in [1.54, 1.807) is 27.7 Å². The SMILES string of the molecule is CCOC(=O)N=S(C)(=O)c1ccc(Nc2ncc(Br)c(N[C@H](C)C(C)(C)O)n2)cc1F. The molecule has 31 heavy (non-hydrogen) atoms. The van der Waals surface area contributed by atoms with E-state index in [4.69, 9.17) is 0 Å². The highest BCUT2D eigenvalue weighted by molar-refractivity contribution is 9.10. The molecule has 0 saturated carbocycles. The lowest BCUT2D eigenvalue weighted by atomic mass is 10.0. The van der Waals surface area contributed by atoms with Crippen LogP contribution in [0.15, 0.2) is 38.1 Å². The Balaban J connectivity index is 2.27. The molecule has 0 aliphatic heterocycles. The zero-order valence-electron chi connectivity index (χ0n) is 17.8. The van der Waals surface area contributed by atoms with E-state index in [0.29, 0.717) is 16.0 Å². The summed E-state index contributed by atoms with van der Waals surface area (Å²) in [5.41, 5.74) is -0.685. The van der Waals surface area contributed by atoms with Gasteiger partial charge in [0.15, 0.2) is 0 Å². The van der Waals surface area contributed by atoms with Gasteiger partial charge in [0.1, 0.15) is 11.6 Å². The monoisotopic (exact) mass is 517 g/mol. The number of rotatable bonds is 7. The fourth-order valence-corrected chi connectivity index (χ4v) is 3.75. The van der Waals surface area contributed by atoms with Crippen molar-refractivity contribution >= 4 is 49.2 Å². The molecule has 1 heterocycles. The molecule has 0 fully saturated rings. The second-order valence-electron chi connectivity index (χ2n) is 7.27. The third-order valence-electron chi connectivity index (χ3n) is 4.27. The van der Waals surface area contributed by atoms with Crippen LogP contribution in [0.25, 0.3) is 0 Å². The minimum atomic E-state index is -3.32. The van der Waals surface area contributed by atoms with Gasteiger partial charge < -0.3 is 20.5 Å². The molecule has 12 heteroatoms. The average Bonchev–Trinajstić information content (AvgIpc) is 2.63. The zero-order chi connectivity index (χ0) is 23.4. The predicted octanol–water partition coefficient (Wildman–Crippen LogP) is 4.31. The molecule has 1 unspecified atom stereocenters. The number of aliphatic hydroxyl groups is 1. The first kappa shape index (κ1) is 25.0. The zero-order valence-corrected chi connectivity index (χ0v) is 20.2. The molecular weight excluding hydrogens is 493 g/mol. The fourth-order valence-electron chi connectivity index (χ4n) is 2.27. The van der Waals surface area contributed by atoms with Gasteiger partial charge in [0.05, 0.1) is 37.3 Å². The molecule has 1 amide bonds. The van der Waals surface area contributed by atoms with Crippen molar-refractivity contribution in [3.8, 4) is 0 Å². The Kier molecular flexibility index (Phi) is 7.95. The van der Waals surface area contributed by atoms with Crippen LogP contribution in [0, 0.1) is 5.82 Å². The number of aromatic nitrogens is 2. The van der Waals surface area contributed by atoms with Gasteiger partial charge in [-0.05, 0) is 61.8 Å².